The van der Waals surface area contributed by atoms with Gasteiger partial charge in [-0.05, 0) is 0 Å². The quantitative estimate of drug-likeness (QED) is 0.706. The highest BCUT2D eigenvalue weighted by atomic mass is 35.5. The summed E-state index contributed by atoms with van der Waals surface area (Å²) in [6.07, 6.45) is 3.08. The van der Waals surface area contributed by atoms with E-state index in [1.807, 2.05) is 16.5 Å². The smallest absolute Gasteiger partial charge is 0.224 e. The number of aryl methyl sites for hydroxylation is 1. The number of nitrogens with zero attached hydrogens (tertiary/aromatic N) is 3. The standard InChI is InChI=1S/C10H14ClN3O/c1-13-7-12-8-3-5-14(6-9(8)13)10(15)2-4-11/h7H,2-6H2,1H3. The summed E-state index contributed by atoms with van der Waals surface area (Å²) in [6, 6.07) is 0. The highest BCUT2D eigenvalue weighted by molar-refractivity contribution is 6.18. The third kappa shape index (κ3) is 2.00. The minimum Gasteiger partial charge on any atom is -0.336 e. The van der Waals surface area contributed by atoms with Gasteiger partial charge in [0.2, 0.25) is 5.91 Å². The normalized spacial score (nSPS) is 15.2. The zero-order chi connectivity index (χ0) is 10.8. The van der Waals surface area contributed by atoms with Gasteiger partial charge in [-0.15, -0.1) is 11.6 Å². The van der Waals surface area contributed by atoms with Gasteiger partial charge >= 0.3 is 0 Å². The molecule has 0 aliphatic carbocycles. The van der Waals surface area contributed by atoms with Crippen LogP contribution in [-0.4, -0.2) is 32.8 Å². The van der Waals surface area contributed by atoms with Gasteiger partial charge in [-0.3, -0.25) is 4.79 Å². The Kier molecular flexibility index (Phi) is 2.95. The van der Waals surface area contributed by atoms with Crippen LogP contribution in [0.2, 0.25) is 0 Å². The zero-order valence-electron chi connectivity index (χ0n) is 8.74. The van der Waals surface area contributed by atoms with Crippen LogP contribution in [0.5, 0.6) is 0 Å². The average molecular weight is 228 g/mol. The van der Waals surface area contributed by atoms with Gasteiger partial charge in [-0.2, -0.15) is 0 Å². The third-order valence-corrected chi connectivity index (χ3v) is 2.95. The number of alkyl halides is 1. The average Bonchev–Trinajstić information content (AvgIpc) is 2.60. The van der Waals surface area contributed by atoms with Crippen LogP contribution in [-0.2, 0) is 24.8 Å². The Balaban J connectivity index is 2.11. The second-order valence-corrected chi connectivity index (χ2v) is 4.13. The van der Waals surface area contributed by atoms with Gasteiger partial charge in [0.1, 0.15) is 0 Å². The largest absolute Gasteiger partial charge is 0.336 e. The van der Waals surface area contributed by atoms with Crippen LogP contribution in [0.25, 0.3) is 0 Å². The molecule has 0 N–H and O–H groups in total. The van der Waals surface area contributed by atoms with E-state index in [2.05, 4.69) is 4.98 Å². The first-order chi connectivity index (χ1) is 7.22. The van der Waals surface area contributed by atoms with E-state index < -0.39 is 0 Å². The summed E-state index contributed by atoms with van der Waals surface area (Å²) in [5.74, 6) is 0.532. The molecule has 2 heterocycles. The molecule has 0 saturated heterocycles. The molecule has 5 heteroatoms. The SMILES string of the molecule is Cn1cnc2c1CN(C(=O)CCCl)CC2. The Morgan fingerprint density at radius 3 is 3.20 bits per heavy atom. The second-order valence-electron chi connectivity index (χ2n) is 3.75. The van der Waals surface area contributed by atoms with Crippen LogP contribution in [0.15, 0.2) is 6.33 Å². The number of hydrogen-bond donors (Lipinski definition) is 0. The maximum Gasteiger partial charge on any atom is 0.224 e. The maximum atomic E-state index is 11.7. The van der Waals surface area contributed by atoms with Gasteiger partial charge in [0.05, 0.1) is 24.3 Å². The molecular weight excluding hydrogens is 214 g/mol. The monoisotopic (exact) mass is 227 g/mol. The molecule has 15 heavy (non-hydrogen) atoms. The summed E-state index contributed by atoms with van der Waals surface area (Å²) < 4.78 is 1.98. The van der Waals surface area contributed by atoms with Crippen LogP contribution in [0.4, 0.5) is 0 Å². The molecule has 0 bridgehead atoms. The molecule has 4 nitrogen and oxygen atoms in total. The Morgan fingerprint density at radius 2 is 2.47 bits per heavy atom. The first-order valence-electron chi connectivity index (χ1n) is 5.05. The third-order valence-electron chi connectivity index (χ3n) is 2.77. The van der Waals surface area contributed by atoms with Crippen molar-refractivity contribution >= 4 is 17.5 Å². The van der Waals surface area contributed by atoms with Crippen molar-refractivity contribution in [1.82, 2.24) is 14.5 Å². The van der Waals surface area contributed by atoms with Crippen molar-refractivity contribution in [3.8, 4) is 0 Å². The van der Waals surface area contributed by atoms with Gasteiger partial charge < -0.3 is 9.47 Å². The zero-order valence-corrected chi connectivity index (χ0v) is 9.50. The number of imidazole rings is 1. The van der Waals surface area contributed by atoms with Crippen molar-refractivity contribution < 1.29 is 4.79 Å². The van der Waals surface area contributed by atoms with Crippen LogP contribution in [0.1, 0.15) is 17.8 Å². The Hall–Kier alpha value is -1.03. The van der Waals surface area contributed by atoms with E-state index in [1.54, 1.807) is 6.33 Å². The number of carbonyl (C=O) groups excluding carboxylic acids is 1. The van der Waals surface area contributed by atoms with E-state index in [-0.39, 0.29) is 5.91 Å². The van der Waals surface area contributed by atoms with E-state index >= 15 is 0 Å². The number of halogens is 1. The van der Waals surface area contributed by atoms with E-state index in [1.165, 1.54) is 0 Å². The summed E-state index contributed by atoms with van der Waals surface area (Å²) in [6.45, 7) is 1.43. The molecule has 0 spiro atoms. The lowest BCUT2D eigenvalue weighted by Gasteiger charge is -2.27. The van der Waals surface area contributed by atoms with Gasteiger partial charge in [-0.1, -0.05) is 0 Å². The molecule has 0 aromatic carbocycles. The Bertz CT molecular complexity index is 375. The van der Waals surface area contributed by atoms with Crippen LogP contribution in [0, 0.1) is 0 Å². The van der Waals surface area contributed by atoms with Crippen molar-refractivity contribution in [2.75, 3.05) is 12.4 Å². The topological polar surface area (TPSA) is 38.1 Å². The molecular formula is C10H14ClN3O. The van der Waals surface area contributed by atoms with E-state index in [0.717, 1.165) is 24.4 Å². The van der Waals surface area contributed by atoms with Crippen molar-refractivity contribution in [3.63, 3.8) is 0 Å². The maximum absolute atomic E-state index is 11.7. The first kappa shape index (κ1) is 10.5. The second kappa shape index (κ2) is 4.23. The number of hydrogen-bond acceptors (Lipinski definition) is 2. The molecule has 0 saturated carbocycles. The van der Waals surface area contributed by atoms with E-state index in [9.17, 15) is 4.79 Å². The predicted molar refractivity (Wildman–Crippen MR) is 57.7 cm³/mol. The molecule has 0 radical (unpaired) electrons. The predicted octanol–water partition coefficient (Wildman–Crippen LogP) is 0.934. The lowest BCUT2D eigenvalue weighted by atomic mass is 10.1. The molecule has 1 aliphatic rings. The van der Waals surface area contributed by atoms with Crippen LogP contribution >= 0.6 is 11.6 Å². The van der Waals surface area contributed by atoms with Crippen molar-refractivity contribution in [3.05, 3.63) is 17.7 Å². The molecule has 0 atom stereocenters. The fourth-order valence-electron chi connectivity index (χ4n) is 1.87. The number of amides is 1. The van der Waals surface area contributed by atoms with E-state index in [0.29, 0.717) is 18.8 Å². The lowest BCUT2D eigenvalue weighted by Crippen LogP contribution is -2.36. The van der Waals surface area contributed by atoms with Gasteiger partial charge in [-0.25, -0.2) is 4.98 Å². The summed E-state index contributed by atoms with van der Waals surface area (Å²) in [7, 11) is 1.96. The lowest BCUT2D eigenvalue weighted by molar-refractivity contribution is -0.131. The molecule has 1 aliphatic heterocycles. The summed E-state index contributed by atoms with van der Waals surface area (Å²) in [4.78, 5) is 17.8. The highest BCUT2D eigenvalue weighted by Crippen LogP contribution is 2.17. The van der Waals surface area contributed by atoms with E-state index in [4.69, 9.17) is 11.6 Å². The van der Waals surface area contributed by atoms with Crippen LogP contribution < -0.4 is 0 Å². The fraction of sp³-hybridized carbons (Fsp3) is 0.600. The Morgan fingerprint density at radius 1 is 1.67 bits per heavy atom. The Labute approximate surface area is 93.8 Å². The molecule has 82 valence electrons. The summed E-state index contributed by atoms with van der Waals surface area (Å²) >= 11 is 5.56. The number of rotatable bonds is 2. The molecule has 1 amide bonds. The van der Waals surface area contributed by atoms with Crippen LogP contribution in [0.3, 0.4) is 0 Å². The van der Waals surface area contributed by atoms with Gasteiger partial charge in [0, 0.05) is 32.3 Å². The van der Waals surface area contributed by atoms with Gasteiger partial charge in [0.25, 0.3) is 0 Å². The molecule has 1 aromatic rings. The number of carbonyl (C=O) groups is 1. The van der Waals surface area contributed by atoms with Crippen molar-refractivity contribution in [2.24, 2.45) is 7.05 Å². The van der Waals surface area contributed by atoms with Crippen molar-refractivity contribution in [2.45, 2.75) is 19.4 Å². The molecule has 0 unspecified atom stereocenters. The first-order valence-corrected chi connectivity index (χ1v) is 5.58. The summed E-state index contributed by atoms with van der Waals surface area (Å²) in [5.41, 5.74) is 2.26. The molecule has 2 rings (SSSR count). The minimum absolute atomic E-state index is 0.136. The minimum atomic E-state index is 0.136. The molecule has 1 aromatic heterocycles. The number of fused-ring (bicyclic) bond motifs is 1. The fourth-order valence-corrected chi connectivity index (χ4v) is 2.03. The summed E-state index contributed by atoms with van der Waals surface area (Å²) in [5, 5.41) is 0. The van der Waals surface area contributed by atoms with Gasteiger partial charge in [0.15, 0.2) is 0 Å². The highest BCUT2D eigenvalue weighted by Gasteiger charge is 2.22. The number of aromatic nitrogens is 2. The molecule has 0 fully saturated rings. The van der Waals surface area contributed by atoms with Crippen molar-refractivity contribution in [1.29, 1.82) is 0 Å².